The van der Waals surface area contributed by atoms with Crippen molar-refractivity contribution in [3.63, 3.8) is 0 Å². The van der Waals surface area contributed by atoms with Gasteiger partial charge in [0, 0.05) is 35.3 Å². The van der Waals surface area contributed by atoms with Crippen LogP contribution in [0.15, 0.2) is 71.1 Å². The predicted octanol–water partition coefficient (Wildman–Crippen LogP) is 7.46. The van der Waals surface area contributed by atoms with Crippen molar-refractivity contribution in [3.8, 4) is 11.5 Å². The van der Waals surface area contributed by atoms with E-state index < -0.39 is 16.8 Å². The molecule has 0 aliphatic carbocycles. The van der Waals surface area contributed by atoms with Gasteiger partial charge < -0.3 is 14.8 Å². The SMILES string of the molecule is CC.COc1ccc(CN(c2nccs2)S(=O)c2cc(Cl)c(NCc3ccccc3F)cc2F)c(OC)c1. The number of methoxy groups -OCH3 is 2. The van der Waals surface area contributed by atoms with E-state index >= 15 is 4.39 Å². The summed E-state index contributed by atoms with van der Waals surface area (Å²) in [5, 5.41) is 5.26. The van der Waals surface area contributed by atoms with Crippen LogP contribution in [0, 0.1) is 11.6 Å². The van der Waals surface area contributed by atoms with Crippen molar-refractivity contribution in [3.05, 3.63) is 94.0 Å². The molecule has 0 bridgehead atoms. The van der Waals surface area contributed by atoms with Gasteiger partial charge in [-0.1, -0.05) is 43.6 Å². The summed E-state index contributed by atoms with van der Waals surface area (Å²) in [6.45, 7) is 4.23. The second-order valence-corrected chi connectivity index (χ2v) is 10.1. The van der Waals surface area contributed by atoms with Gasteiger partial charge in [-0.05, 0) is 30.3 Å². The summed E-state index contributed by atoms with van der Waals surface area (Å²) in [7, 11) is 1.08. The topological polar surface area (TPSA) is 63.7 Å². The Morgan fingerprint density at radius 3 is 2.45 bits per heavy atom. The van der Waals surface area contributed by atoms with Crippen molar-refractivity contribution in [1.29, 1.82) is 0 Å². The van der Waals surface area contributed by atoms with Crippen LogP contribution in [0.3, 0.4) is 0 Å². The minimum Gasteiger partial charge on any atom is -0.497 e. The summed E-state index contributed by atoms with van der Waals surface area (Å²) in [4.78, 5) is 4.16. The van der Waals surface area contributed by atoms with Crippen LogP contribution in [0.1, 0.15) is 25.0 Å². The van der Waals surface area contributed by atoms with Gasteiger partial charge in [-0.15, -0.1) is 11.3 Å². The fraction of sp³-hybridized carbons (Fsp3) is 0.222. The maximum absolute atomic E-state index is 15.2. The Labute approximate surface area is 232 Å². The van der Waals surface area contributed by atoms with Crippen LogP contribution in [-0.4, -0.2) is 23.4 Å². The van der Waals surface area contributed by atoms with E-state index in [1.165, 1.54) is 34.9 Å². The van der Waals surface area contributed by atoms with E-state index in [-0.39, 0.29) is 34.5 Å². The van der Waals surface area contributed by atoms with Crippen molar-refractivity contribution in [1.82, 2.24) is 4.98 Å². The molecule has 1 heterocycles. The minimum absolute atomic E-state index is 0.108. The van der Waals surface area contributed by atoms with Gasteiger partial charge in [0.15, 0.2) is 16.1 Å². The van der Waals surface area contributed by atoms with E-state index in [0.29, 0.717) is 27.8 Å². The van der Waals surface area contributed by atoms with Gasteiger partial charge in [0.05, 0.1) is 36.4 Å². The minimum atomic E-state index is -1.99. The molecular formula is C27H28ClF2N3O3S2. The number of anilines is 2. The van der Waals surface area contributed by atoms with Crippen molar-refractivity contribution in [2.75, 3.05) is 23.8 Å². The average molecular weight is 580 g/mol. The second kappa shape index (κ2) is 14.1. The molecule has 0 spiro atoms. The highest BCUT2D eigenvalue weighted by atomic mass is 35.5. The third-order valence-corrected chi connectivity index (χ3v) is 7.89. The van der Waals surface area contributed by atoms with Crippen LogP contribution in [0.5, 0.6) is 11.5 Å². The number of thiazole rings is 1. The normalized spacial score (nSPS) is 11.2. The maximum Gasteiger partial charge on any atom is 0.197 e. The molecule has 0 saturated heterocycles. The van der Waals surface area contributed by atoms with Gasteiger partial charge in [-0.25, -0.2) is 18.0 Å². The van der Waals surface area contributed by atoms with E-state index in [2.05, 4.69) is 10.3 Å². The summed E-state index contributed by atoms with van der Waals surface area (Å²) in [6, 6.07) is 14.0. The molecule has 3 aromatic carbocycles. The number of hydrogen-bond donors (Lipinski definition) is 1. The molecule has 0 aliphatic rings. The third kappa shape index (κ3) is 7.00. The summed E-state index contributed by atoms with van der Waals surface area (Å²) in [5.74, 6) is 0.0253. The van der Waals surface area contributed by atoms with Crippen molar-refractivity contribution in [2.24, 2.45) is 0 Å². The first kappa shape index (κ1) is 29.3. The van der Waals surface area contributed by atoms with Crippen LogP contribution in [-0.2, 0) is 24.1 Å². The van der Waals surface area contributed by atoms with Gasteiger partial charge in [-0.2, -0.15) is 0 Å². The molecule has 1 unspecified atom stereocenters. The number of hydrogen-bond acceptors (Lipinski definition) is 6. The van der Waals surface area contributed by atoms with Gasteiger partial charge in [0.1, 0.15) is 23.1 Å². The maximum atomic E-state index is 15.2. The first-order valence-electron chi connectivity index (χ1n) is 11.7. The lowest BCUT2D eigenvalue weighted by molar-refractivity contribution is 0.391. The molecule has 0 amide bonds. The van der Waals surface area contributed by atoms with Crippen LogP contribution in [0.2, 0.25) is 5.02 Å². The summed E-state index contributed by atoms with van der Waals surface area (Å²) in [5.41, 5.74) is 1.37. The highest BCUT2D eigenvalue weighted by Gasteiger charge is 2.24. The molecule has 6 nitrogen and oxygen atoms in total. The molecule has 4 rings (SSSR count). The Morgan fingerprint density at radius 2 is 1.79 bits per heavy atom. The fourth-order valence-corrected chi connectivity index (χ4v) is 5.72. The van der Waals surface area contributed by atoms with Gasteiger partial charge in [-0.3, -0.25) is 4.31 Å². The molecule has 0 saturated carbocycles. The number of halogens is 3. The molecule has 0 fully saturated rings. The van der Waals surface area contributed by atoms with Crippen molar-refractivity contribution in [2.45, 2.75) is 31.8 Å². The number of nitrogens with one attached hydrogen (secondary N) is 1. The number of aromatic nitrogens is 1. The fourth-order valence-electron chi connectivity index (χ4n) is 3.42. The third-order valence-electron chi connectivity index (χ3n) is 5.28. The summed E-state index contributed by atoms with van der Waals surface area (Å²) < 4.78 is 55.0. The largest absolute Gasteiger partial charge is 0.497 e. The Kier molecular flexibility index (Phi) is 10.9. The Hall–Kier alpha value is -3.21. The van der Waals surface area contributed by atoms with Crippen LogP contribution < -0.4 is 19.1 Å². The Bertz CT molecular complexity index is 1370. The van der Waals surface area contributed by atoms with E-state index in [1.54, 1.807) is 55.1 Å². The van der Waals surface area contributed by atoms with E-state index in [1.807, 2.05) is 13.8 Å². The van der Waals surface area contributed by atoms with E-state index in [9.17, 15) is 8.60 Å². The van der Waals surface area contributed by atoms with E-state index in [0.717, 1.165) is 6.07 Å². The first-order valence-corrected chi connectivity index (χ1v) is 14.0. The average Bonchev–Trinajstić information content (AvgIpc) is 3.48. The van der Waals surface area contributed by atoms with Crippen molar-refractivity contribution < 1.29 is 22.5 Å². The molecule has 1 N–H and O–H groups in total. The number of rotatable bonds is 10. The summed E-state index contributed by atoms with van der Waals surface area (Å²) in [6.07, 6.45) is 1.58. The first-order chi connectivity index (χ1) is 18.4. The highest BCUT2D eigenvalue weighted by molar-refractivity contribution is 7.86. The standard InChI is InChI=1S/C25H22ClF2N3O3S2.C2H6/c1-33-18-8-7-17(23(11-18)34-2)15-31(25-29-9-10-35-25)36(32)24-12-19(26)22(13-21(24)28)30-14-16-5-3-4-6-20(16)27;1-2/h3-13,30H,14-15H2,1-2H3;1-2H3. The van der Waals surface area contributed by atoms with Gasteiger partial charge in [0.25, 0.3) is 0 Å². The zero-order chi connectivity index (χ0) is 27.7. The highest BCUT2D eigenvalue weighted by Crippen LogP contribution is 2.33. The van der Waals surface area contributed by atoms with Gasteiger partial charge in [0.2, 0.25) is 0 Å². The lowest BCUT2D eigenvalue weighted by atomic mass is 10.2. The number of ether oxygens (including phenoxy) is 2. The molecule has 38 heavy (non-hydrogen) atoms. The lowest BCUT2D eigenvalue weighted by Crippen LogP contribution is -2.26. The van der Waals surface area contributed by atoms with Gasteiger partial charge >= 0.3 is 0 Å². The Morgan fingerprint density at radius 1 is 1.03 bits per heavy atom. The molecular weight excluding hydrogens is 552 g/mol. The lowest BCUT2D eigenvalue weighted by Gasteiger charge is -2.23. The second-order valence-electron chi connectivity index (χ2n) is 7.49. The Balaban J connectivity index is 0.00000195. The predicted molar refractivity (Wildman–Crippen MR) is 151 cm³/mol. The molecule has 4 aromatic rings. The monoisotopic (exact) mass is 579 g/mol. The molecule has 0 radical (unpaired) electrons. The number of benzene rings is 3. The molecule has 11 heteroatoms. The van der Waals surface area contributed by atoms with Crippen LogP contribution >= 0.6 is 22.9 Å². The smallest absolute Gasteiger partial charge is 0.197 e. The zero-order valence-corrected chi connectivity index (χ0v) is 23.7. The van der Waals surface area contributed by atoms with Crippen molar-refractivity contribution >= 4 is 44.7 Å². The van der Waals surface area contributed by atoms with E-state index in [4.69, 9.17) is 21.1 Å². The molecule has 1 atom stereocenters. The molecule has 0 aliphatic heterocycles. The number of nitrogens with zero attached hydrogens (tertiary/aromatic N) is 2. The van der Waals surface area contributed by atoms with Crippen LogP contribution in [0.4, 0.5) is 19.6 Å². The zero-order valence-electron chi connectivity index (χ0n) is 21.3. The molecule has 1 aromatic heterocycles. The van der Waals surface area contributed by atoms with Crippen LogP contribution in [0.25, 0.3) is 0 Å². The molecule has 202 valence electrons. The summed E-state index contributed by atoms with van der Waals surface area (Å²) >= 11 is 7.67. The quantitative estimate of drug-likeness (QED) is 0.211.